The quantitative estimate of drug-likeness (QED) is 0.308. The molecule has 0 fully saturated rings. The van der Waals surface area contributed by atoms with E-state index >= 15 is 0 Å². The van der Waals surface area contributed by atoms with Crippen LogP contribution < -0.4 is 5.32 Å². The maximum atomic E-state index is 12.7. The average Bonchev–Trinajstić information content (AvgIpc) is 2.86. The molecule has 1 aromatic heterocycles. The van der Waals surface area contributed by atoms with Crippen LogP contribution in [-0.4, -0.2) is 18.5 Å². The lowest BCUT2D eigenvalue weighted by molar-refractivity contribution is -0.111. The van der Waals surface area contributed by atoms with Gasteiger partial charge >= 0.3 is 5.97 Å². The zero-order valence-electron chi connectivity index (χ0n) is 16.2. The third kappa shape index (κ3) is 5.62. The molecule has 1 aliphatic rings. The highest BCUT2D eigenvalue weighted by atomic mass is 35.5. The fourth-order valence-electron chi connectivity index (χ4n) is 3.27. The summed E-state index contributed by atoms with van der Waals surface area (Å²) >= 11 is 13.5. The van der Waals surface area contributed by atoms with Gasteiger partial charge in [-0.05, 0) is 61.4 Å². The molecule has 0 bridgehead atoms. The molecule has 1 aliphatic carbocycles. The van der Waals surface area contributed by atoms with Crippen LogP contribution in [0.5, 0.6) is 0 Å². The minimum Gasteiger partial charge on any atom is -0.462 e. The third-order valence-electron chi connectivity index (χ3n) is 4.68. The summed E-state index contributed by atoms with van der Waals surface area (Å²) in [5.41, 5.74) is 2.25. The second-order valence-electron chi connectivity index (χ2n) is 6.89. The van der Waals surface area contributed by atoms with Gasteiger partial charge in [0.2, 0.25) is 5.91 Å². The number of benzene rings is 1. The van der Waals surface area contributed by atoms with Gasteiger partial charge in [0.1, 0.15) is 5.00 Å². The van der Waals surface area contributed by atoms with Crippen LogP contribution in [0.25, 0.3) is 6.08 Å². The highest BCUT2D eigenvalue weighted by molar-refractivity contribution is 7.17. The van der Waals surface area contributed by atoms with Gasteiger partial charge in [0.25, 0.3) is 0 Å². The Bertz CT molecular complexity index is 936. The number of thiophene rings is 1. The Labute approximate surface area is 184 Å². The fourth-order valence-corrected chi connectivity index (χ4v) is 5.02. The second-order valence-corrected chi connectivity index (χ2v) is 8.84. The zero-order valence-corrected chi connectivity index (χ0v) is 18.6. The van der Waals surface area contributed by atoms with Crippen LogP contribution in [0.2, 0.25) is 10.0 Å². The van der Waals surface area contributed by atoms with Gasteiger partial charge in [0.05, 0.1) is 12.2 Å². The molecule has 0 spiro atoms. The molecule has 29 heavy (non-hydrogen) atoms. The van der Waals surface area contributed by atoms with Gasteiger partial charge in [0, 0.05) is 21.0 Å². The van der Waals surface area contributed by atoms with Gasteiger partial charge in [-0.15, -0.1) is 11.3 Å². The summed E-state index contributed by atoms with van der Waals surface area (Å²) in [6.07, 6.45) is 8.85. The summed E-state index contributed by atoms with van der Waals surface area (Å²) in [5, 5.41) is 4.43. The molecule has 1 aromatic carbocycles. The number of amides is 1. The number of anilines is 1. The molecular weight excluding hydrogens is 429 g/mol. The molecule has 0 saturated heterocycles. The summed E-state index contributed by atoms with van der Waals surface area (Å²) < 4.78 is 5.39. The Kier molecular flexibility index (Phi) is 7.76. The minimum absolute atomic E-state index is 0.322. The number of ether oxygens (including phenoxy) is 1. The third-order valence-corrected chi connectivity index (χ3v) is 6.45. The van der Waals surface area contributed by atoms with Crippen molar-refractivity contribution in [2.45, 2.75) is 45.4 Å². The SMILES string of the molecule is CCCOC(=O)c1c(NC(=O)/C=C/c2ccc(Cl)cc2Cl)sc2c1CCCCC2. The Morgan fingerprint density at radius 2 is 2.00 bits per heavy atom. The van der Waals surface area contributed by atoms with Crippen molar-refractivity contribution >= 4 is 57.5 Å². The van der Waals surface area contributed by atoms with Gasteiger partial charge in [-0.1, -0.05) is 42.6 Å². The van der Waals surface area contributed by atoms with E-state index < -0.39 is 0 Å². The molecule has 154 valence electrons. The maximum absolute atomic E-state index is 12.7. The maximum Gasteiger partial charge on any atom is 0.341 e. The van der Waals surface area contributed by atoms with E-state index in [1.807, 2.05) is 6.92 Å². The first-order chi connectivity index (χ1) is 14.0. The average molecular weight is 452 g/mol. The van der Waals surface area contributed by atoms with Crippen molar-refractivity contribution in [3.8, 4) is 0 Å². The van der Waals surface area contributed by atoms with Crippen LogP contribution in [0.4, 0.5) is 5.00 Å². The first kappa shape index (κ1) is 21.9. The van der Waals surface area contributed by atoms with E-state index in [1.54, 1.807) is 24.3 Å². The van der Waals surface area contributed by atoms with Crippen LogP contribution in [0.3, 0.4) is 0 Å². The highest BCUT2D eigenvalue weighted by Gasteiger charge is 2.26. The van der Waals surface area contributed by atoms with Gasteiger partial charge in [-0.3, -0.25) is 4.79 Å². The summed E-state index contributed by atoms with van der Waals surface area (Å²) in [7, 11) is 0. The molecule has 0 radical (unpaired) electrons. The van der Waals surface area contributed by atoms with E-state index in [-0.39, 0.29) is 11.9 Å². The summed E-state index contributed by atoms with van der Waals surface area (Å²) in [6, 6.07) is 5.08. The van der Waals surface area contributed by atoms with Crippen molar-refractivity contribution < 1.29 is 14.3 Å². The molecule has 0 saturated carbocycles. The monoisotopic (exact) mass is 451 g/mol. The van der Waals surface area contributed by atoms with E-state index in [1.165, 1.54) is 22.3 Å². The molecule has 1 heterocycles. The fraction of sp³-hybridized carbons (Fsp3) is 0.364. The van der Waals surface area contributed by atoms with Crippen LogP contribution in [0.1, 0.15) is 59.0 Å². The molecule has 0 atom stereocenters. The predicted octanol–water partition coefficient (Wildman–Crippen LogP) is 6.54. The molecule has 0 aliphatic heterocycles. The van der Waals surface area contributed by atoms with E-state index in [0.29, 0.717) is 32.8 Å². The first-order valence-corrected chi connectivity index (χ1v) is 11.3. The van der Waals surface area contributed by atoms with Gasteiger partial charge in [-0.25, -0.2) is 4.79 Å². The van der Waals surface area contributed by atoms with Gasteiger partial charge in [0.15, 0.2) is 0 Å². The Hall–Kier alpha value is -1.82. The zero-order chi connectivity index (χ0) is 20.8. The number of carbonyl (C=O) groups excluding carboxylic acids is 2. The lowest BCUT2D eigenvalue weighted by atomic mass is 10.1. The lowest BCUT2D eigenvalue weighted by Crippen LogP contribution is -2.13. The minimum atomic E-state index is -0.355. The van der Waals surface area contributed by atoms with Crippen molar-refractivity contribution in [1.82, 2.24) is 0 Å². The Morgan fingerprint density at radius 1 is 1.21 bits per heavy atom. The van der Waals surface area contributed by atoms with E-state index in [2.05, 4.69) is 5.32 Å². The molecular formula is C22H23Cl2NO3S. The molecule has 1 amide bonds. The Morgan fingerprint density at radius 3 is 2.76 bits per heavy atom. The summed E-state index contributed by atoms with van der Waals surface area (Å²) in [4.78, 5) is 26.4. The topological polar surface area (TPSA) is 55.4 Å². The summed E-state index contributed by atoms with van der Waals surface area (Å²) in [6.45, 7) is 2.32. The van der Waals surface area contributed by atoms with Crippen LogP contribution >= 0.6 is 34.5 Å². The second kappa shape index (κ2) is 10.3. The molecule has 1 N–H and O–H groups in total. The van der Waals surface area contributed by atoms with E-state index in [4.69, 9.17) is 27.9 Å². The number of fused-ring (bicyclic) bond motifs is 1. The van der Waals surface area contributed by atoms with Gasteiger partial charge in [-0.2, -0.15) is 0 Å². The van der Waals surface area contributed by atoms with Crippen LogP contribution in [0, 0.1) is 0 Å². The van der Waals surface area contributed by atoms with Crippen molar-refractivity contribution in [3.05, 3.63) is 55.9 Å². The van der Waals surface area contributed by atoms with Crippen molar-refractivity contribution in [2.75, 3.05) is 11.9 Å². The van der Waals surface area contributed by atoms with Gasteiger partial charge < -0.3 is 10.1 Å². The predicted molar refractivity (Wildman–Crippen MR) is 120 cm³/mol. The number of hydrogen-bond donors (Lipinski definition) is 1. The number of hydrogen-bond acceptors (Lipinski definition) is 4. The number of esters is 1. The smallest absolute Gasteiger partial charge is 0.341 e. The molecule has 2 aromatic rings. The van der Waals surface area contributed by atoms with E-state index in [9.17, 15) is 9.59 Å². The van der Waals surface area contributed by atoms with Crippen molar-refractivity contribution in [1.29, 1.82) is 0 Å². The highest BCUT2D eigenvalue weighted by Crippen LogP contribution is 2.38. The standard InChI is InChI=1S/C22H23Cl2NO3S/c1-2-12-28-22(27)20-16-6-4-3-5-7-18(16)29-21(20)25-19(26)11-9-14-8-10-15(23)13-17(14)24/h8-11,13H,2-7,12H2,1H3,(H,25,26)/b11-9+. The molecule has 3 rings (SSSR count). The van der Waals surface area contributed by atoms with Crippen LogP contribution in [-0.2, 0) is 22.4 Å². The number of aryl methyl sites for hydroxylation is 1. The number of halogens is 2. The summed E-state index contributed by atoms with van der Waals surface area (Å²) in [5.74, 6) is -0.678. The molecule has 7 heteroatoms. The number of carbonyl (C=O) groups is 2. The van der Waals surface area contributed by atoms with E-state index in [0.717, 1.165) is 44.1 Å². The van der Waals surface area contributed by atoms with Crippen molar-refractivity contribution in [2.24, 2.45) is 0 Å². The normalized spacial score (nSPS) is 13.8. The van der Waals surface area contributed by atoms with Crippen molar-refractivity contribution in [3.63, 3.8) is 0 Å². The first-order valence-electron chi connectivity index (χ1n) is 9.75. The number of nitrogens with one attached hydrogen (secondary N) is 1. The Balaban J connectivity index is 1.82. The van der Waals surface area contributed by atoms with Crippen LogP contribution in [0.15, 0.2) is 24.3 Å². The molecule has 4 nitrogen and oxygen atoms in total. The lowest BCUT2D eigenvalue weighted by Gasteiger charge is -2.08. The largest absolute Gasteiger partial charge is 0.462 e. The molecule has 0 unspecified atom stereocenters. The number of rotatable bonds is 6.